The maximum absolute atomic E-state index is 12.3. The molecule has 0 aliphatic carbocycles. The highest BCUT2D eigenvalue weighted by molar-refractivity contribution is 6.29. The first-order valence-corrected chi connectivity index (χ1v) is 6.89. The van der Waals surface area contributed by atoms with Crippen LogP contribution in [-0.2, 0) is 6.42 Å². The van der Waals surface area contributed by atoms with Crippen molar-refractivity contribution in [1.29, 1.82) is 0 Å². The number of aromatic nitrogens is 2. The molecule has 0 bridgehead atoms. The van der Waals surface area contributed by atoms with Gasteiger partial charge in [-0.3, -0.25) is 9.78 Å². The maximum atomic E-state index is 12.3. The van der Waals surface area contributed by atoms with Gasteiger partial charge in [-0.1, -0.05) is 41.9 Å². The summed E-state index contributed by atoms with van der Waals surface area (Å²) in [7, 11) is 0. The van der Waals surface area contributed by atoms with Gasteiger partial charge in [-0.05, 0) is 18.9 Å². The van der Waals surface area contributed by atoms with E-state index in [2.05, 4.69) is 22.1 Å². The Balaban J connectivity index is 2.03. The summed E-state index contributed by atoms with van der Waals surface area (Å²) in [6, 6.07) is 10.1. The second-order valence-corrected chi connectivity index (χ2v) is 4.73. The molecule has 0 atom stereocenters. The van der Waals surface area contributed by atoms with Gasteiger partial charge in [0.05, 0.1) is 12.4 Å². The van der Waals surface area contributed by atoms with Crippen LogP contribution in [0.5, 0.6) is 0 Å². The van der Waals surface area contributed by atoms with Crippen molar-refractivity contribution < 1.29 is 4.79 Å². The van der Waals surface area contributed by atoms with Crippen LogP contribution < -0.4 is 0 Å². The Morgan fingerprint density at radius 3 is 2.65 bits per heavy atom. The quantitative estimate of drug-likeness (QED) is 0.850. The van der Waals surface area contributed by atoms with Crippen molar-refractivity contribution in [1.82, 2.24) is 14.9 Å². The van der Waals surface area contributed by atoms with E-state index in [1.807, 2.05) is 25.1 Å². The minimum Gasteiger partial charge on any atom is -0.337 e. The van der Waals surface area contributed by atoms with E-state index in [1.165, 1.54) is 18.0 Å². The summed E-state index contributed by atoms with van der Waals surface area (Å²) >= 11 is 5.77. The Hall–Kier alpha value is -1.94. The Morgan fingerprint density at radius 1 is 1.25 bits per heavy atom. The number of halogens is 1. The molecule has 20 heavy (non-hydrogen) atoms. The summed E-state index contributed by atoms with van der Waals surface area (Å²) in [5.41, 5.74) is 1.49. The minimum atomic E-state index is -0.140. The molecule has 1 aromatic heterocycles. The number of carbonyl (C=O) groups excluding carboxylic acids is 1. The van der Waals surface area contributed by atoms with Crippen molar-refractivity contribution in [2.75, 3.05) is 13.1 Å². The van der Waals surface area contributed by atoms with Gasteiger partial charge in [0.1, 0.15) is 10.8 Å². The van der Waals surface area contributed by atoms with E-state index in [-0.39, 0.29) is 16.8 Å². The van der Waals surface area contributed by atoms with E-state index in [0.29, 0.717) is 13.1 Å². The highest BCUT2D eigenvalue weighted by atomic mass is 35.5. The molecule has 2 rings (SSSR count). The second-order valence-electron chi connectivity index (χ2n) is 4.35. The zero-order chi connectivity index (χ0) is 14.4. The summed E-state index contributed by atoms with van der Waals surface area (Å²) in [4.78, 5) is 22.0. The summed E-state index contributed by atoms with van der Waals surface area (Å²) in [5.74, 6) is -0.140. The first-order valence-electron chi connectivity index (χ1n) is 6.51. The third-order valence-corrected chi connectivity index (χ3v) is 3.19. The molecule has 5 heteroatoms. The molecule has 104 valence electrons. The van der Waals surface area contributed by atoms with Crippen molar-refractivity contribution in [2.45, 2.75) is 13.3 Å². The number of amides is 1. The second kappa shape index (κ2) is 7.01. The van der Waals surface area contributed by atoms with Gasteiger partial charge in [0.2, 0.25) is 0 Å². The number of hydrogen-bond donors (Lipinski definition) is 0. The van der Waals surface area contributed by atoms with E-state index in [9.17, 15) is 4.79 Å². The molecule has 0 aliphatic rings. The average molecular weight is 290 g/mol. The predicted molar refractivity (Wildman–Crippen MR) is 78.8 cm³/mol. The third kappa shape index (κ3) is 3.78. The molecule has 1 heterocycles. The number of carbonyl (C=O) groups is 1. The van der Waals surface area contributed by atoms with Crippen molar-refractivity contribution in [2.24, 2.45) is 0 Å². The fourth-order valence-corrected chi connectivity index (χ4v) is 2.07. The lowest BCUT2D eigenvalue weighted by molar-refractivity contribution is 0.0760. The van der Waals surface area contributed by atoms with Crippen LogP contribution in [0.25, 0.3) is 0 Å². The third-order valence-electron chi connectivity index (χ3n) is 3.01. The molecule has 0 N–H and O–H groups in total. The minimum absolute atomic E-state index is 0.140. The summed E-state index contributed by atoms with van der Waals surface area (Å²) in [5, 5.41) is 0.231. The van der Waals surface area contributed by atoms with Gasteiger partial charge in [-0.2, -0.15) is 0 Å². The van der Waals surface area contributed by atoms with Gasteiger partial charge in [0.25, 0.3) is 5.91 Å². The van der Waals surface area contributed by atoms with Gasteiger partial charge < -0.3 is 4.90 Å². The largest absolute Gasteiger partial charge is 0.337 e. The van der Waals surface area contributed by atoms with Crippen LogP contribution in [-0.4, -0.2) is 33.9 Å². The normalized spacial score (nSPS) is 10.3. The number of hydrogen-bond acceptors (Lipinski definition) is 3. The van der Waals surface area contributed by atoms with E-state index in [0.717, 1.165) is 6.42 Å². The molecule has 4 nitrogen and oxygen atoms in total. The number of benzene rings is 1. The van der Waals surface area contributed by atoms with Crippen LogP contribution in [0.2, 0.25) is 5.15 Å². The molecule has 0 spiro atoms. The van der Waals surface area contributed by atoms with Crippen molar-refractivity contribution >= 4 is 17.5 Å². The zero-order valence-corrected chi connectivity index (χ0v) is 12.0. The molecule has 1 aromatic carbocycles. The Bertz CT molecular complexity index is 574. The van der Waals surface area contributed by atoms with Gasteiger partial charge in [0, 0.05) is 13.1 Å². The van der Waals surface area contributed by atoms with E-state index in [4.69, 9.17) is 11.6 Å². The SMILES string of the molecule is CCN(CCc1ccccc1)C(=O)c1cncc(Cl)n1. The number of nitrogens with zero attached hydrogens (tertiary/aromatic N) is 3. The van der Waals surface area contributed by atoms with E-state index in [1.54, 1.807) is 4.90 Å². The zero-order valence-electron chi connectivity index (χ0n) is 11.3. The van der Waals surface area contributed by atoms with Gasteiger partial charge >= 0.3 is 0 Å². The Kier molecular flexibility index (Phi) is 5.07. The van der Waals surface area contributed by atoms with E-state index >= 15 is 0 Å². The molecule has 0 radical (unpaired) electrons. The first-order chi connectivity index (χ1) is 9.70. The fraction of sp³-hybridized carbons (Fsp3) is 0.267. The molecule has 2 aromatic rings. The number of likely N-dealkylation sites (N-methyl/N-ethyl adjacent to an activating group) is 1. The molecule has 0 fully saturated rings. The molecule has 0 unspecified atom stereocenters. The average Bonchev–Trinajstić information content (AvgIpc) is 2.48. The number of rotatable bonds is 5. The lowest BCUT2D eigenvalue weighted by atomic mass is 10.1. The summed E-state index contributed by atoms with van der Waals surface area (Å²) < 4.78 is 0. The fourth-order valence-electron chi connectivity index (χ4n) is 1.92. The maximum Gasteiger partial charge on any atom is 0.274 e. The van der Waals surface area contributed by atoms with Crippen LogP contribution in [0.1, 0.15) is 23.0 Å². The van der Waals surface area contributed by atoms with Gasteiger partial charge in [0.15, 0.2) is 0 Å². The molecule has 0 saturated carbocycles. The monoisotopic (exact) mass is 289 g/mol. The van der Waals surface area contributed by atoms with Crippen LogP contribution in [0, 0.1) is 0 Å². The predicted octanol–water partition coefficient (Wildman–Crippen LogP) is 2.83. The Labute approximate surface area is 123 Å². The van der Waals surface area contributed by atoms with Gasteiger partial charge in [-0.15, -0.1) is 0 Å². The lowest BCUT2D eigenvalue weighted by Crippen LogP contribution is -2.33. The van der Waals surface area contributed by atoms with Crippen molar-refractivity contribution in [3.05, 3.63) is 59.1 Å². The molecule has 0 aliphatic heterocycles. The Morgan fingerprint density at radius 2 is 2.00 bits per heavy atom. The van der Waals surface area contributed by atoms with Gasteiger partial charge in [-0.25, -0.2) is 4.98 Å². The lowest BCUT2D eigenvalue weighted by Gasteiger charge is -2.20. The molecular weight excluding hydrogens is 274 g/mol. The van der Waals surface area contributed by atoms with Crippen LogP contribution >= 0.6 is 11.6 Å². The molecular formula is C15H16ClN3O. The first kappa shape index (κ1) is 14.5. The topological polar surface area (TPSA) is 46.1 Å². The molecule has 0 saturated heterocycles. The van der Waals surface area contributed by atoms with Crippen molar-refractivity contribution in [3.63, 3.8) is 0 Å². The summed E-state index contributed by atoms with van der Waals surface area (Å²) in [6.07, 6.45) is 3.67. The highest BCUT2D eigenvalue weighted by Crippen LogP contribution is 2.07. The smallest absolute Gasteiger partial charge is 0.274 e. The van der Waals surface area contributed by atoms with Crippen molar-refractivity contribution in [3.8, 4) is 0 Å². The van der Waals surface area contributed by atoms with Crippen LogP contribution in [0.15, 0.2) is 42.7 Å². The van der Waals surface area contributed by atoms with Crippen LogP contribution in [0.3, 0.4) is 0 Å². The highest BCUT2D eigenvalue weighted by Gasteiger charge is 2.16. The van der Waals surface area contributed by atoms with E-state index < -0.39 is 0 Å². The van der Waals surface area contributed by atoms with Crippen LogP contribution in [0.4, 0.5) is 0 Å². The molecule has 1 amide bonds. The standard InChI is InChI=1S/C15H16ClN3O/c1-2-19(9-8-12-6-4-3-5-7-12)15(20)13-10-17-11-14(16)18-13/h3-7,10-11H,2,8-9H2,1H3. The summed E-state index contributed by atoms with van der Waals surface area (Å²) in [6.45, 7) is 3.22.